The molecule has 12 heterocycles. The van der Waals surface area contributed by atoms with Crippen molar-refractivity contribution >= 4 is 92.2 Å². The summed E-state index contributed by atoms with van der Waals surface area (Å²) in [6.45, 7) is 1.73. The van der Waals surface area contributed by atoms with Crippen molar-refractivity contribution in [2.75, 3.05) is 42.5 Å². The van der Waals surface area contributed by atoms with Crippen molar-refractivity contribution in [3.63, 3.8) is 0 Å². The Morgan fingerprint density at radius 1 is 0.471 bits per heavy atom. The Kier molecular flexibility index (Phi) is 17.2. The second-order valence-electron chi connectivity index (χ2n) is 25.3. The van der Waals surface area contributed by atoms with Crippen LogP contribution in [-0.2, 0) is 52.5 Å². The van der Waals surface area contributed by atoms with E-state index < -0.39 is 89.4 Å². The molecule has 0 spiro atoms. The number of likely N-dealkylation sites (tertiary alicyclic amines) is 1. The zero-order valence-electron chi connectivity index (χ0n) is 55.4. The Morgan fingerprint density at radius 2 is 0.971 bits per heavy atom. The molecule has 5 N–H and O–H groups in total. The van der Waals surface area contributed by atoms with Crippen LogP contribution in [0.1, 0.15) is 47.8 Å². The molecule has 3 aliphatic carbocycles. The fourth-order valence-corrected chi connectivity index (χ4v) is 14.9. The van der Waals surface area contributed by atoms with Gasteiger partial charge < -0.3 is 65.5 Å². The molecule has 3 aromatic carbocycles. The average molecular weight is 1400 g/mol. The van der Waals surface area contributed by atoms with Gasteiger partial charge in [-0.05, 0) is 36.4 Å². The van der Waals surface area contributed by atoms with E-state index in [9.17, 15) is 71.9 Å². The number of likely N-dealkylation sites (N-methyl/N-ethyl adjacent to an activating group) is 1. The molecule has 3 saturated carbocycles. The maximum Gasteiger partial charge on any atom is 0.336 e. The van der Waals surface area contributed by atoms with Gasteiger partial charge >= 0.3 is 41.0 Å². The first-order chi connectivity index (χ1) is 48.7. The van der Waals surface area contributed by atoms with E-state index in [1.54, 1.807) is 72.9 Å². The second-order valence-corrected chi connectivity index (χ2v) is 25.3. The number of benzene rings is 3. The number of amides is 9. The fourth-order valence-electron chi connectivity index (χ4n) is 14.9. The van der Waals surface area contributed by atoms with E-state index >= 15 is 0 Å². The number of aryl methyl sites for hydroxylation is 2. The number of aromatic amines is 2. The van der Waals surface area contributed by atoms with E-state index in [0.29, 0.717) is 45.3 Å². The second kappa shape index (κ2) is 25.9. The number of aromatic nitrogens is 4. The minimum Gasteiger partial charge on any atom is -0.490 e. The first kappa shape index (κ1) is 67.9. The van der Waals surface area contributed by atoms with Crippen molar-refractivity contribution < 1.29 is 89.6 Å². The highest BCUT2D eigenvalue weighted by Gasteiger charge is 2.69. The number of H-pyrrole nitrogens is 2. The molecule has 0 bridgehead atoms. The molecular formula is C68H62N10O24. The Labute approximate surface area is 571 Å². The lowest BCUT2D eigenvalue weighted by molar-refractivity contribution is -0.170. The molecule has 5 aromatic heterocycles. The summed E-state index contributed by atoms with van der Waals surface area (Å²) in [6, 6.07) is 12.5. The summed E-state index contributed by atoms with van der Waals surface area (Å²) >= 11 is 0. The van der Waals surface area contributed by atoms with Gasteiger partial charge in [0.1, 0.15) is 11.9 Å². The summed E-state index contributed by atoms with van der Waals surface area (Å²) in [5.74, 6) is -4.70. The van der Waals surface area contributed by atoms with Gasteiger partial charge in [-0.3, -0.25) is 73.9 Å². The number of carbonyl (C=O) groups is 10. The SMILES string of the molecule is CC1C=CC(=O)NC1=O.COc1c2c(cc3c1OC(=O)C1C3C3C(=O)NC(=O)N(C)C31)C1C(O2)C2C1C(=O)NC(=O)N2C.COc1c2c(cc3ccoc13)C1C3C(=O)CC(=O)N(C)C3C1C(=O)O2.COc1c2occc2cc2ccc(=O)oc12.Cn1ccc(=O)[nH]c1=O.Cn1ccc(=O)[nH]c1=O. The lowest BCUT2D eigenvalue weighted by atomic mass is 9.53. The van der Waals surface area contributed by atoms with Crippen LogP contribution in [0.15, 0.2) is 129 Å². The van der Waals surface area contributed by atoms with Gasteiger partial charge in [-0.15, -0.1) is 0 Å². The number of methoxy groups -OCH3 is 3. The predicted molar refractivity (Wildman–Crippen MR) is 348 cm³/mol. The van der Waals surface area contributed by atoms with Crippen LogP contribution in [0.2, 0.25) is 0 Å². The number of furan rings is 2. The lowest BCUT2D eigenvalue weighted by Gasteiger charge is -2.57. The third-order valence-electron chi connectivity index (χ3n) is 19.9. The molecule has 0 radical (unpaired) electrons. The third-order valence-corrected chi connectivity index (χ3v) is 19.9. The highest BCUT2D eigenvalue weighted by molar-refractivity contribution is 6.07. The van der Waals surface area contributed by atoms with Gasteiger partial charge in [0.2, 0.25) is 46.8 Å². The van der Waals surface area contributed by atoms with Crippen molar-refractivity contribution in [2.24, 2.45) is 49.6 Å². The van der Waals surface area contributed by atoms with Gasteiger partial charge in [0.05, 0.1) is 88.0 Å². The summed E-state index contributed by atoms with van der Waals surface area (Å²) in [6.07, 6.45) is 8.34. The number of esters is 2. The zero-order valence-corrected chi connectivity index (χ0v) is 55.4. The number of nitrogens with one attached hydrogen (secondary N) is 5. The van der Waals surface area contributed by atoms with Gasteiger partial charge in [0, 0.05) is 128 Å². The first-order valence-electron chi connectivity index (χ1n) is 31.6. The van der Waals surface area contributed by atoms with Gasteiger partial charge in [-0.2, -0.15) is 0 Å². The molecule has 13 atom stereocenters. The Bertz CT molecular complexity index is 5240. The van der Waals surface area contributed by atoms with Crippen LogP contribution in [0.3, 0.4) is 0 Å². The topological polar surface area (TPSA) is 438 Å². The molecule has 8 aromatic rings. The number of ketones is 1. The van der Waals surface area contributed by atoms with Crippen molar-refractivity contribution in [1.82, 2.24) is 49.8 Å². The molecule has 34 heteroatoms. The minimum absolute atomic E-state index is 0.110. The van der Waals surface area contributed by atoms with Crippen LogP contribution in [0.5, 0.6) is 34.5 Å². The largest absolute Gasteiger partial charge is 0.490 e. The van der Waals surface area contributed by atoms with Crippen molar-refractivity contribution in [1.29, 1.82) is 0 Å². The molecule has 6 fully saturated rings. The average Bonchev–Trinajstić information content (AvgIpc) is 1.17. The molecule has 3 saturated heterocycles. The third kappa shape index (κ3) is 11.2. The fraction of sp³-hybridized carbons (Fsp3) is 0.338. The number of fused-ring (bicyclic) bond motifs is 21. The molecular weight excluding hydrogens is 1340 g/mol. The molecule has 102 heavy (non-hydrogen) atoms. The summed E-state index contributed by atoms with van der Waals surface area (Å²) in [7, 11) is 12.4. The van der Waals surface area contributed by atoms with Gasteiger partial charge in [-0.1, -0.05) is 13.0 Å². The van der Waals surface area contributed by atoms with Crippen molar-refractivity contribution in [3.05, 3.63) is 160 Å². The predicted octanol–water partition coefficient (Wildman–Crippen LogP) is 1.54. The number of nitrogens with zero attached hydrogens (tertiary/aromatic N) is 5. The number of Topliss-reactive ketones (excluding diaryl/α,β-unsaturated/α-hetero) is 1. The normalized spacial score (nSPS) is 25.9. The summed E-state index contributed by atoms with van der Waals surface area (Å²) in [5.41, 5.74) is 1.71. The molecule has 528 valence electrons. The van der Waals surface area contributed by atoms with Crippen LogP contribution < -0.4 is 72.5 Å². The molecule has 34 nitrogen and oxygen atoms in total. The zero-order chi connectivity index (χ0) is 72.9. The quantitative estimate of drug-likeness (QED) is 0.0550. The van der Waals surface area contributed by atoms with Crippen molar-refractivity contribution in [2.45, 2.75) is 55.3 Å². The highest BCUT2D eigenvalue weighted by atomic mass is 16.6. The van der Waals surface area contributed by atoms with Crippen LogP contribution in [0.4, 0.5) is 9.59 Å². The van der Waals surface area contributed by atoms with E-state index in [2.05, 4.69) is 25.9 Å². The van der Waals surface area contributed by atoms with Crippen LogP contribution in [0.25, 0.3) is 32.9 Å². The summed E-state index contributed by atoms with van der Waals surface area (Å²) in [5, 5.41) is 9.44. The Hall–Kier alpha value is -12.7. The molecule has 10 aliphatic rings. The maximum absolute atomic E-state index is 13.0. The van der Waals surface area contributed by atoms with Crippen LogP contribution in [-0.4, -0.2) is 160 Å². The van der Waals surface area contributed by atoms with Crippen LogP contribution in [0, 0.1) is 35.5 Å². The van der Waals surface area contributed by atoms with E-state index in [0.717, 1.165) is 27.3 Å². The smallest absolute Gasteiger partial charge is 0.336 e. The summed E-state index contributed by atoms with van der Waals surface area (Å²) in [4.78, 5) is 182. The Balaban J connectivity index is 0.000000119. The first-order valence-corrected chi connectivity index (χ1v) is 31.6. The van der Waals surface area contributed by atoms with E-state index in [4.69, 9.17) is 41.7 Å². The van der Waals surface area contributed by atoms with E-state index in [-0.39, 0.29) is 93.5 Å². The number of urea groups is 2. The number of hydrogen-bond donors (Lipinski definition) is 5. The highest BCUT2D eigenvalue weighted by Crippen LogP contribution is 2.65. The molecule has 18 rings (SSSR count). The maximum atomic E-state index is 13.0. The number of rotatable bonds is 3. The molecule has 13 unspecified atom stereocenters. The molecule has 7 aliphatic heterocycles. The van der Waals surface area contributed by atoms with E-state index in [1.165, 1.54) is 81.8 Å². The van der Waals surface area contributed by atoms with Gasteiger partial charge in [0.25, 0.3) is 11.1 Å². The van der Waals surface area contributed by atoms with E-state index in [1.807, 2.05) is 24.3 Å². The van der Waals surface area contributed by atoms with Crippen molar-refractivity contribution in [3.8, 4) is 34.5 Å². The standard InChI is InChI=1S/C22H20N4O8.C18H15NO6.C12H8O4.C6H7NO2.2C5H6N2O2/c1-25-12-9(18(27)23-21(25)30)7-5-4-6-8-10-13(26(2)22(31)24-19(10)28)16(8)33-14(6)17(32-3)15(5)34-20(29)11(7)12;1-19-10(21)6-9(20)12-11-8-5-7-3-4-24-15(7)17(23-2)16(8)25-18(22)13(11)14(12)19;1-14-12-10-8(4-5-15-10)6-7-2-3-9(13)16-11(7)12;1-4-2-3-5(8)7-6(4)9;2*1-7-3-2-4(8)6-5(7)9/h4,7-13,16H,1-3H3,(H,23,27,30)(H,24,28,31);3-5,11-14H,6H2,1-2H3;2-6H,1H3;2-4H,1H3,(H,7,8,9);2*2-3H,1H3,(H,6,8,9). The lowest BCUT2D eigenvalue weighted by Crippen LogP contribution is -2.72. The Morgan fingerprint density at radius 3 is 1.52 bits per heavy atom. The number of piperidine rings is 1. The number of ether oxygens (including phenoxy) is 6. The number of imide groups is 3. The summed E-state index contributed by atoms with van der Waals surface area (Å²) < 4.78 is 52.2. The van der Waals surface area contributed by atoms with Gasteiger partial charge in [0.15, 0.2) is 34.0 Å². The van der Waals surface area contributed by atoms with Crippen LogP contribution >= 0.6 is 0 Å². The number of hydrogen-bond acceptors (Lipinski definition) is 24. The number of carbonyl (C=O) groups excluding carboxylic acids is 10. The minimum atomic E-state index is -0.686. The molecule has 9 amide bonds. The van der Waals surface area contributed by atoms with Gasteiger partial charge in [-0.25, -0.2) is 24.0 Å². The monoisotopic (exact) mass is 1400 g/mol.